The monoisotopic (exact) mass is 167 g/mol. The smallest absolute Gasteiger partial charge is 0.0625 e. The highest BCUT2D eigenvalue weighted by Gasteiger charge is 2.07. The first kappa shape index (κ1) is 8.83. The van der Waals surface area contributed by atoms with Crippen LogP contribution in [0.5, 0.6) is 0 Å². The summed E-state index contributed by atoms with van der Waals surface area (Å²) >= 11 is 0. The van der Waals surface area contributed by atoms with Crippen molar-refractivity contribution < 1.29 is 5.11 Å². The summed E-state index contributed by atoms with van der Waals surface area (Å²) in [5.41, 5.74) is 18.6. The number of aliphatic hydroxyl groups is 1. The van der Waals surface area contributed by atoms with Gasteiger partial charge in [-0.3, -0.25) is 0 Å². The molecule has 0 heterocycles. The van der Waals surface area contributed by atoms with Gasteiger partial charge in [0.15, 0.2) is 0 Å². The minimum absolute atomic E-state index is 0.131. The Bertz CT molecular complexity index is 275. The molecule has 0 aromatic heterocycles. The van der Waals surface area contributed by atoms with Gasteiger partial charge in [0.1, 0.15) is 0 Å². The molecule has 4 heteroatoms. The molecule has 12 heavy (non-hydrogen) atoms. The van der Waals surface area contributed by atoms with Crippen molar-refractivity contribution in [1.82, 2.24) is 0 Å². The Kier molecular flexibility index (Phi) is 2.52. The fourth-order valence-corrected chi connectivity index (χ4v) is 1.01. The van der Waals surface area contributed by atoms with Crippen LogP contribution < -0.4 is 17.2 Å². The van der Waals surface area contributed by atoms with E-state index in [1.54, 1.807) is 18.2 Å². The van der Waals surface area contributed by atoms with Gasteiger partial charge in [-0.2, -0.15) is 0 Å². The summed E-state index contributed by atoms with van der Waals surface area (Å²) < 4.78 is 0. The lowest BCUT2D eigenvalue weighted by atomic mass is 10.1. The highest BCUT2D eigenvalue weighted by molar-refractivity contribution is 5.56. The first-order valence-electron chi connectivity index (χ1n) is 3.66. The topological polar surface area (TPSA) is 98.3 Å². The van der Waals surface area contributed by atoms with Gasteiger partial charge in [-0.15, -0.1) is 0 Å². The first-order valence-corrected chi connectivity index (χ1v) is 3.66. The highest BCUT2D eigenvalue weighted by atomic mass is 16.3. The Morgan fingerprint density at radius 3 is 2.58 bits per heavy atom. The second-order valence-electron chi connectivity index (χ2n) is 2.68. The van der Waals surface area contributed by atoms with E-state index in [9.17, 15) is 0 Å². The average molecular weight is 167 g/mol. The third-order valence-corrected chi connectivity index (χ3v) is 1.71. The van der Waals surface area contributed by atoms with Gasteiger partial charge in [-0.05, 0) is 23.8 Å². The van der Waals surface area contributed by atoms with Gasteiger partial charge in [0.25, 0.3) is 0 Å². The number of nitrogen functional groups attached to an aromatic ring is 2. The summed E-state index contributed by atoms with van der Waals surface area (Å²) in [5, 5.41) is 8.78. The molecule has 0 bridgehead atoms. The molecular formula is C8H13N3O. The molecule has 66 valence electrons. The van der Waals surface area contributed by atoms with Gasteiger partial charge in [0.2, 0.25) is 0 Å². The van der Waals surface area contributed by atoms with E-state index >= 15 is 0 Å². The second-order valence-corrected chi connectivity index (χ2v) is 2.68. The van der Waals surface area contributed by atoms with Gasteiger partial charge < -0.3 is 22.3 Å². The van der Waals surface area contributed by atoms with Crippen LogP contribution >= 0.6 is 0 Å². The van der Waals surface area contributed by atoms with E-state index in [0.29, 0.717) is 16.9 Å². The van der Waals surface area contributed by atoms with E-state index in [2.05, 4.69) is 0 Å². The Morgan fingerprint density at radius 2 is 2.00 bits per heavy atom. The van der Waals surface area contributed by atoms with Crippen molar-refractivity contribution in [2.75, 3.05) is 18.1 Å². The van der Waals surface area contributed by atoms with Crippen molar-refractivity contribution in [1.29, 1.82) is 0 Å². The molecule has 1 aromatic carbocycles. The molecule has 0 spiro atoms. The first-order chi connectivity index (χ1) is 5.65. The summed E-state index contributed by atoms with van der Waals surface area (Å²) in [6.45, 7) is -0.131. The van der Waals surface area contributed by atoms with Crippen LogP contribution in [0.15, 0.2) is 18.2 Å². The Balaban J connectivity index is 3.04. The minimum Gasteiger partial charge on any atom is -0.399 e. The average Bonchev–Trinajstić information content (AvgIpc) is 2.08. The molecule has 0 saturated carbocycles. The van der Waals surface area contributed by atoms with Crippen LogP contribution in [-0.4, -0.2) is 11.7 Å². The maximum atomic E-state index is 8.78. The Labute approximate surface area is 71.0 Å². The number of hydrogen-bond acceptors (Lipinski definition) is 4. The molecule has 1 aromatic rings. The van der Waals surface area contributed by atoms with Crippen LogP contribution in [-0.2, 0) is 0 Å². The summed E-state index contributed by atoms with van der Waals surface area (Å²) in [6, 6.07) is 4.60. The number of benzene rings is 1. The lowest BCUT2D eigenvalue weighted by Gasteiger charge is -2.11. The quantitative estimate of drug-likeness (QED) is 0.460. The van der Waals surface area contributed by atoms with E-state index in [0.717, 1.165) is 0 Å². The molecule has 0 aliphatic heterocycles. The van der Waals surface area contributed by atoms with Crippen LogP contribution in [0.4, 0.5) is 11.4 Å². The normalized spacial score (nSPS) is 12.8. The maximum absolute atomic E-state index is 8.78. The second kappa shape index (κ2) is 3.42. The van der Waals surface area contributed by atoms with Gasteiger partial charge >= 0.3 is 0 Å². The Hall–Kier alpha value is -1.26. The van der Waals surface area contributed by atoms with Crippen LogP contribution in [0.2, 0.25) is 0 Å². The van der Waals surface area contributed by atoms with Crippen molar-refractivity contribution in [2.24, 2.45) is 5.73 Å². The van der Waals surface area contributed by atoms with Crippen LogP contribution in [0.1, 0.15) is 11.6 Å². The summed E-state index contributed by atoms with van der Waals surface area (Å²) in [5.74, 6) is 0. The van der Waals surface area contributed by atoms with Crippen molar-refractivity contribution in [2.45, 2.75) is 6.04 Å². The van der Waals surface area contributed by atoms with E-state index in [4.69, 9.17) is 22.3 Å². The van der Waals surface area contributed by atoms with Gasteiger partial charge in [0, 0.05) is 11.4 Å². The molecule has 0 unspecified atom stereocenters. The fraction of sp³-hybridized carbons (Fsp3) is 0.250. The predicted molar refractivity (Wildman–Crippen MR) is 49.3 cm³/mol. The van der Waals surface area contributed by atoms with Crippen molar-refractivity contribution in [3.8, 4) is 0 Å². The lowest BCUT2D eigenvalue weighted by molar-refractivity contribution is 0.268. The van der Waals surface area contributed by atoms with Crippen LogP contribution in [0.25, 0.3) is 0 Å². The Morgan fingerprint density at radius 1 is 1.33 bits per heavy atom. The third-order valence-electron chi connectivity index (χ3n) is 1.71. The molecule has 1 rings (SSSR count). The van der Waals surface area contributed by atoms with Crippen molar-refractivity contribution in [3.63, 3.8) is 0 Å². The predicted octanol–water partition coefficient (Wildman–Crippen LogP) is -0.157. The molecule has 0 fully saturated rings. The third kappa shape index (κ3) is 1.66. The molecule has 0 radical (unpaired) electrons. The molecule has 4 nitrogen and oxygen atoms in total. The fourth-order valence-electron chi connectivity index (χ4n) is 1.01. The van der Waals surface area contributed by atoms with E-state index in [1.165, 1.54) is 0 Å². The molecule has 0 aliphatic carbocycles. The van der Waals surface area contributed by atoms with Gasteiger partial charge in [-0.25, -0.2) is 0 Å². The zero-order chi connectivity index (χ0) is 9.14. The van der Waals surface area contributed by atoms with Gasteiger partial charge in [-0.1, -0.05) is 0 Å². The lowest BCUT2D eigenvalue weighted by Crippen LogP contribution is -2.16. The van der Waals surface area contributed by atoms with Crippen molar-refractivity contribution >= 4 is 11.4 Å². The van der Waals surface area contributed by atoms with Crippen LogP contribution in [0, 0.1) is 0 Å². The molecular weight excluding hydrogens is 154 g/mol. The molecule has 1 atom stereocenters. The highest BCUT2D eigenvalue weighted by Crippen LogP contribution is 2.20. The summed E-state index contributed by atoms with van der Waals surface area (Å²) in [6.07, 6.45) is 0. The standard InChI is InChI=1S/C8H13N3O/c9-5-1-2-7(10)6(3-5)8(11)4-12/h1-3,8,12H,4,9-11H2/t8-/m0/s1. The zero-order valence-electron chi connectivity index (χ0n) is 6.70. The van der Waals surface area contributed by atoms with Crippen molar-refractivity contribution in [3.05, 3.63) is 23.8 Å². The number of hydrogen-bond donors (Lipinski definition) is 4. The van der Waals surface area contributed by atoms with E-state index in [1.807, 2.05) is 0 Å². The number of rotatable bonds is 2. The molecule has 0 aliphatic rings. The number of nitrogens with two attached hydrogens (primary N) is 3. The molecule has 7 N–H and O–H groups in total. The summed E-state index contributed by atoms with van der Waals surface area (Å²) in [7, 11) is 0. The largest absolute Gasteiger partial charge is 0.399 e. The molecule has 0 saturated heterocycles. The SMILES string of the molecule is Nc1ccc(N)c([C@@H](N)CO)c1. The minimum atomic E-state index is -0.450. The summed E-state index contributed by atoms with van der Waals surface area (Å²) in [4.78, 5) is 0. The van der Waals surface area contributed by atoms with E-state index in [-0.39, 0.29) is 6.61 Å². The zero-order valence-corrected chi connectivity index (χ0v) is 6.70. The maximum Gasteiger partial charge on any atom is 0.0625 e. The number of anilines is 2. The molecule has 0 amide bonds. The number of aliphatic hydroxyl groups excluding tert-OH is 1. The van der Waals surface area contributed by atoms with Crippen LogP contribution in [0.3, 0.4) is 0 Å². The van der Waals surface area contributed by atoms with Gasteiger partial charge in [0.05, 0.1) is 12.6 Å². The van der Waals surface area contributed by atoms with E-state index < -0.39 is 6.04 Å².